The summed E-state index contributed by atoms with van der Waals surface area (Å²) in [7, 11) is 0. The Labute approximate surface area is 123 Å². The number of nitrogens with zero attached hydrogens (tertiary/aromatic N) is 2. The van der Waals surface area contributed by atoms with E-state index in [4.69, 9.17) is 5.73 Å². The molecule has 19 heavy (non-hydrogen) atoms. The molecule has 4 nitrogen and oxygen atoms in total. The Bertz CT molecular complexity index is 496. The van der Waals surface area contributed by atoms with Gasteiger partial charge in [-0.2, -0.15) is 16.4 Å². The zero-order valence-electron chi connectivity index (χ0n) is 10.7. The lowest BCUT2D eigenvalue weighted by molar-refractivity contribution is 0.318. The molecule has 0 spiro atoms. The number of aromatic nitrogens is 2. The highest BCUT2D eigenvalue weighted by molar-refractivity contribution is 7.08. The summed E-state index contributed by atoms with van der Waals surface area (Å²) in [6.45, 7) is 4.04. The molecule has 1 saturated heterocycles. The average Bonchev–Trinajstić information content (AvgIpc) is 3.09. The molecule has 0 bridgehead atoms. The van der Waals surface area contributed by atoms with Gasteiger partial charge in [-0.25, -0.2) is 0 Å². The second-order valence-electron chi connectivity index (χ2n) is 4.91. The number of rotatable bonds is 4. The van der Waals surface area contributed by atoms with Crippen LogP contribution in [0.2, 0.25) is 0 Å². The van der Waals surface area contributed by atoms with Crippen molar-refractivity contribution in [3.05, 3.63) is 28.6 Å². The highest BCUT2D eigenvalue weighted by atomic mass is 35.5. The third-order valence-electron chi connectivity index (χ3n) is 3.62. The van der Waals surface area contributed by atoms with Crippen LogP contribution in [0.1, 0.15) is 12.0 Å². The highest BCUT2D eigenvalue weighted by Gasteiger charge is 2.22. The second-order valence-corrected chi connectivity index (χ2v) is 5.69. The maximum Gasteiger partial charge on any atom is 0.0703 e. The fourth-order valence-electron chi connectivity index (χ4n) is 2.58. The lowest BCUT2D eigenvalue weighted by atomic mass is 10.1. The first-order valence-corrected chi connectivity index (χ1v) is 7.28. The SMILES string of the molecule is Cl.NCC1CCN(Cc2cn[nH]c2-c2ccsc2)C1. The van der Waals surface area contributed by atoms with Crippen molar-refractivity contribution in [2.45, 2.75) is 13.0 Å². The van der Waals surface area contributed by atoms with Gasteiger partial charge in [0.05, 0.1) is 11.9 Å². The Balaban J connectivity index is 0.00000133. The summed E-state index contributed by atoms with van der Waals surface area (Å²) in [4.78, 5) is 2.47. The van der Waals surface area contributed by atoms with Crippen LogP contribution < -0.4 is 5.73 Å². The summed E-state index contributed by atoms with van der Waals surface area (Å²) in [5.74, 6) is 0.668. The molecule has 0 aromatic carbocycles. The molecule has 0 aliphatic carbocycles. The van der Waals surface area contributed by atoms with E-state index in [-0.39, 0.29) is 12.4 Å². The van der Waals surface area contributed by atoms with E-state index < -0.39 is 0 Å². The van der Waals surface area contributed by atoms with Crippen molar-refractivity contribution in [1.29, 1.82) is 0 Å². The summed E-state index contributed by atoms with van der Waals surface area (Å²) in [5, 5.41) is 11.6. The van der Waals surface area contributed by atoms with Gasteiger partial charge in [-0.15, -0.1) is 12.4 Å². The van der Waals surface area contributed by atoms with Gasteiger partial charge in [0.1, 0.15) is 0 Å². The molecule has 0 radical (unpaired) electrons. The minimum atomic E-state index is 0. The first kappa shape index (κ1) is 14.5. The fourth-order valence-corrected chi connectivity index (χ4v) is 3.22. The molecule has 2 aromatic heterocycles. The lowest BCUT2D eigenvalue weighted by Gasteiger charge is -2.15. The smallest absolute Gasteiger partial charge is 0.0703 e. The molecule has 1 aliphatic rings. The second kappa shape index (κ2) is 6.52. The van der Waals surface area contributed by atoms with Crippen LogP contribution in [-0.4, -0.2) is 34.7 Å². The van der Waals surface area contributed by atoms with Gasteiger partial charge < -0.3 is 5.73 Å². The van der Waals surface area contributed by atoms with Crippen LogP contribution >= 0.6 is 23.7 Å². The van der Waals surface area contributed by atoms with E-state index >= 15 is 0 Å². The number of hydrogen-bond acceptors (Lipinski definition) is 4. The highest BCUT2D eigenvalue weighted by Crippen LogP contribution is 2.26. The topological polar surface area (TPSA) is 57.9 Å². The van der Waals surface area contributed by atoms with E-state index in [0.29, 0.717) is 5.92 Å². The van der Waals surface area contributed by atoms with E-state index in [9.17, 15) is 0 Å². The molecule has 1 fully saturated rings. The van der Waals surface area contributed by atoms with Crippen LogP contribution in [-0.2, 0) is 6.54 Å². The minimum absolute atomic E-state index is 0. The van der Waals surface area contributed by atoms with Crippen LogP contribution in [0.5, 0.6) is 0 Å². The van der Waals surface area contributed by atoms with Crippen molar-refractivity contribution in [3.63, 3.8) is 0 Å². The van der Waals surface area contributed by atoms with Crippen LogP contribution in [0.4, 0.5) is 0 Å². The molecule has 1 unspecified atom stereocenters. The zero-order chi connectivity index (χ0) is 12.4. The summed E-state index contributed by atoms with van der Waals surface area (Å²) < 4.78 is 0. The van der Waals surface area contributed by atoms with E-state index in [1.54, 1.807) is 11.3 Å². The number of halogens is 1. The van der Waals surface area contributed by atoms with Crippen molar-refractivity contribution < 1.29 is 0 Å². The van der Waals surface area contributed by atoms with Gasteiger partial charge in [0.25, 0.3) is 0 Å². The van der Waals surface area contributed by atoms with Crippen molar-refractivity contribution in [2.24, 2.45) is 11.7 Å². The van der Waals surface area contributed by atoms with Gasteiger partial charge >= 0.3 is 0 Å². The quantitative estimate of drug-likeness (QED) is 0.911. The Hall–Kier alpha value is -0.880. The monoisotopic (exact) mass is 298 g/mol. The Kier molecular flexibility index (Phi) is 4.99. The van der Waals surface area contributed by atoms with E-state index in [0.717, 1.165) is 31.9 Å². The number of likely N-dealkylation sites (tertiary alicyclic amines) is 1. The summed E-state index contributed by atoms with van der Waals surface area (Å²) in [5.41, 5.74) is 9.41. The fraction of sp³-hybridized carbons (Fsp3) is 0.462. The van der Waals surface area contributed by atoms with E-state index in [2.05, 4.69) is 31.9 Å². The average molecular weight is 299 g/mol. The molecule has 0 saturated carbocycles. The van der Waals surface area contributed by atoms with Crippen LogP contribution in [0.15, 0.2) is 23.0 Å². The van der Waals surface area contributed by atoms with Gasteiger partial charge in [0.15, 0.2) is 0 Å². The van der Waals surface area contributed by atoms with Crippen molar-refractivity contribution in [1.82, 2.24) is 15.1 Å². The Morgan fingerprint density at radius 1 is 1.53 bits per heavy atom. The number of thiophene rings is 1. The normalized spacial score (nSPS) is 19.5. The van der Waals surface area contributed by atoms with Gasteiger partial charge in [-0.3, -0.25) is 10.00 Å². The molecule has 6 heteroatoms. The van der Waals surface area contributed by atoms with Crippen LogP contribution in [0.25, 0.3) is 11.3 Å². The molecule has 104 valence electrons. The van der Waals surface area contributed by atoms with E-state index in [1.807, 2.05) is 6.20 Å². The van der Waals surface area contributed by atoms with Gasteiger partial charge in [0.2, 0.25) is 0 Å². The zero-order valence-corrected chi connectivity index (χ0v) is 12.3. The summed E-state index contributed by atoms with van der Waals surface area (Å²) in [6, 6.07) is 2.13. The maximum absolute atomic E-state index is 5.73. The number of aromatic amines is 1. The number of nitrogens with one attached hydrogen (secondary N) is 1. The largest absolute Gasteiger partial charge is 0.330 e. The molecule has 3 heterocycles. The van der Waals surface area contributed by atoms with Crippen LogP contribution in [0.3, 0.4) is 0 Å². The van der Waals surface area contributed by atoms with Gasteiger partial charge in [0, 0.05) is 29.6 Å². The molecule has 1 aliphatic heterocycles. The lowest BCUT2D eigenvalue weighted by Crippen LogP contribution is -2.22. The van der Waals surface area contributed by atoms with Crippen molar-refractivity contribution >= 4 is 23.7 Å². The third kappa shape index (κ3) is 3.17. The Morgan fingerprint density at radius 3 is 3.11 bits per heavy atom. The van der Waals surface area contributed by atoms with Gasteiger partial charge in [-0.1, -0.05) is 0 Å². The van der Waals surface area contributed by atoms with Gasteiger partial charge in [-0.05, 0) is 36.9 Å². The van der Waals surface area contributed by atoms with Crippen molar-refractivity contribution in [3.8, 4) is 11.3 Å². The first-order valence-electron chi connectivity index (χ1n) is 6.34. The molecule has 1 atom stereocenters. The van der Waals surface area contributed by atoms with Crippen LogP contribution in [0, 0.1) is 5.92 Å². The molecule has 0 amide bonds. The number of H-pyrrole nitrogens is 1. The summed E-state index contributed by atoms with van der Waals surface area (Å²) >= 11 is 1.72. The molecule has 2 aromatic rings. The first-order chi connectivity index (χ1) is 8.86. The number of nitrogens with two attached hydrogens (primary N) is 1. The van der Waals surface area contributed by atoms with E-state index in [1.165, 1.54) is 17.5 Å². The standard InChI is InChI=1S/C13H18N4S.ClH/c14-5-10-1-3-17(7-10)8-12-6-15-16-13(12)11-2-4-18-9-11;/h2,4,6,9-10H,1,3,5,7-8,14H2,(H,15,16);1H. The molecular formula is C13H19ClN4S. The summed E-state index contributed by atoms with van der Waals surface area (Å²) in [6.07, 6.45) is 3.17. The predicted molar refractivity (Wildman–Crippen MR) is 81.6 cm³/mol. The molecular weight excluding hydrogens is 280 g/mol. The minimum Gasteiger partial charge on any atom is -0.330 e. The van der Waals surface area contributed by atoms with Crippen molar-refractivity contribution in [2.75, 3.05) is 19.6 Å². The molecule has 3 N–H and O–H groups in total. The third-order valence-corrected chi connectivity index (χ3v) is 4.31. The maximum atomic E-state index is 5.73. The number of hydrogen-bond donors (Lipinski definition) is 2. The predicted octanol–water partition coefficient (Wildman–Crippen LogP) is 2.34. The Morgan fingerprint density at radius 2 is 2.42 bits per heavy atom. The molecule has 3 rings (SSSR count).